The van der Waals surface area contributed by atoms with Crippen molar-refractivity contribution in [2.45, 2.75) is 18.5 Å². The maximum Gasteiger partial charge on any atom is 0.418 e. The van der Waals surface area contributed by atoms with E-state index in [1.54, 1.807) is 0 Å². The van der Waals surface area contributed by atoms with Crippen LogP contribution in [0.4, 0.5) is 79.3 Å². The number of benzene rings is 6. The van der Waals surface area contributed by atoms with Gasteiger partial charge in [0.2, 0.25) is 0 Å². The molecular weight excluding hydrogens is 1580 g/mol. The van der Waals surface area contributed by atoms with Crippen molar-refractivity contribution in [3.8, 4) is 0 Å². The first kappa shape index (κ1) is 81.8. The molecule has 0 saturated heterocycles. The highest BCUT2D eigenvalue weighted by atomic mass is 35.5. The van der Waals surface area contributed by atoms with Gasteiger partial charge in [0, 0.05) is 30.3 Å². The third-order valence-corrected chi connectivity index (χ3v) is 15.0. The smallest absolute Gasteiger partial charge is 0.418 e. The van der Waals surface area contributed by atoms with Crippen molar-refractivity contribution in [2.75, 3.05) is 0 Å². The maximum atomic E-state index is 12.5. The van der Waals surface area contributed by atoms with Gasteiger partial charge in [0.15, 0.2) is 5.02 Å². The maximum absolute atomic E-state index is 12.5. The molecule has 0 unspecified atom stereocenters. The van der Waals surface area contributed by atoms with Gasteiger partial charge in [-0.3, -0.25) is 70.8 Å². The number of halogens is 24. The zero-order chi connectivity index (χ0) is 70.6. The van der Waals surface area contributed by atoms with Gasteiger partial charge in [0.1, 0.15) is 35.2 Å². The van der Waals surface area contributed by atoms with Crippen LogP contribution in [0.15, 0.2) is 54.6 Å². The molecule has 49 heteroatoms. The molecular formula is C41H11Cl15F9N7O18. The Kier molecular flexibility index (Phi) is 30.3. The molecule has 0 aliphatic heterocycles. The Hall–Kier alpha value is -6.22. The van der Waals surface area contributed by atoms with Crippen molar-refractivity contribution in [2.24, 2.45) is 0 Å². The second-order valence-corrected chi connectivity index (χ2v) is 20.7. The van der Waals surface area contributed by atoms with Gasteiger partial charge in [-0.2, -0.15) is 39.5 Å². The van der Waals surface area contributed by atoms with Crippen molar-refractivity contribution in [1.82, 2.24) is 0 Å². The van der Waals surface area contributed by atoms with Crippen LogP contribution >= 0.6 is 174 Å². The monoisotopic (exact) mass is 1580 g/mol. The molecule has 486 valence electrons. The number of alkyl halides is 9. The van der Waals surface area contributed by atoms with Crippen LogP contribution in [0.5, 0.6) is 0 Å². The summed E-state index contributed by atoms with van der Waals surface area (Å²) in [7, 11) is 0. The molecule has 6 aromatic carbocycles. The summed E-state index contributed by atoms with van der Waals surface area (Å²) in [6.45, 7) is 0. The Bertz CT molecular complexity index is 3860. The van der Waals surface area contributed by atoms with Gasteiger partial charge in [-0.1, -0.05) is 174 Å². The predicted molar refractivity (Wildman–Crippen MR) is 309 cm³/mol. The third kappa shape index (κ3) is 21.7. The molecule has 6 aromatic rings. The number of hydrogen-bond acceptors (Lipinski definition) is 16. The van der Waals surface area contributed by atoms with Gasteiger partial charge in [-0.05, 0) is 24.3 Å². The van der Waals surface area contributed by atoms with Crippen LogP contribution in [-0.4, -0.2) is 56.6 Å². The minimum absolute atomic E-state index is 0.00698. The molecule has 0 amide bonds. The lowest BCUT2D eigenvalue weighted by atomic mass is 10.1. The first-order valence-electron chi connectivity index (χ1n) is 20.5. The number of aromatic carboxylic acids is 2. The van der Waals surface area contributed by atoms with E-state index in [1.807, 2.05) is 0 Å². The molecule has 0 atom stereocenters. The van der Waals surface area contributed by atoms with Crippen LogP contribution < -0.4 is 0 Å². The van der Waals surface area contributed by atoms with Gasteiger partial charge in [-0.15, -0.1) is 0 Å². The highest BCUT2D eigenvalue weighted by Crippen LogP contribution is 2.49. The first-order valence-corrected chi connectivity index (χ1v) is 26.1. The summed E-state index contributed by atoms with van der Waals surface area (Å²) in [4.78, 5) is 87.3. The fourth-order valence-corrected chi connectivity index (χ4v) is 9.17. The second-order valence-electron chi connectivity index (χ2n) is 14.9. The van der Waals surface area contributed by atoms with Crippen LogP contribution in [0.2, 0.25) is 75.3 Å². The zero-order valence-corrected chi connectivity index (χ0v) is 52.2. The van der Waals surface area contributed by atoms with Crippen molar-refractivity contribution < 1.29 is 93.8 Å². The van der Waals surface area contributed by atoms with Crippen LogP contribution in [0.3, 0.4) is 0 Å². The molecule has 0 spiro atoms. The third-order valence-electron chi connectivity index (χ3n) is 9.23. The van der Waals surface area contributed by atoms with Gasteiger partial charge in [-0.25, -0.2) is 9.59 Å². The van der Waals surface area contributed by atoms with Crippen molar-refractivity contribution >= 4 is 226 Å². The highest BCUT2D eigenvalue weighted by Gasteiger charge is 2.42. The number of rotatable bonds is 9. The average Bonchev–Trinajstić information content (AvgIpc) is 0.878. The normalized spacial score (nSPS) is 10.8. The van der Waals surface area contributed by atoms with E-state index in [0.29, 0.717) is 18.2 Å². The molecule has 0 radical (unpaired) electrons. The van der Waals surface area contributed by atoms with Crippen molar-refractivity contribution in [3.63, 3.8) is 0 Å². The van der Waals surface area contributed by atoms with E-state index in [4.69, 9.17) is 184 Å². The minimum atomic E-state index is -5.07. The molecule has 25 nitrogen and oxygen atoms in total. The molecule has 0 fully saturated rings. The van der Waals surface area contributed by atoms with Crippen LogP contribution in [0.25, 0.3) is 0 Å². The Morgan fingerprint density at radius 2 is 0.633 bits per heavy atom. The summed E-state index contributed by atoms with van der Waals surface area (Å²) in [6.07, 6.45) is -14.7. The van der Waals surface area contributed by atoms with Gasteiger partial charge < -0.3 is 10.2 Å². The van der Waals surface area contributed by atoms with Crippen molar-refractivity contribution in [3.05, 3.63) is 229 Å². The summed E-state index contributed by atoms with van der Waals surface area (Å²) >= 11 is 81.4. The topological polar surface area (TPSA) is 377 Å². The van der Waals surface area contributed by atoms with E-state index in [0.717, 1.165) is 18.2 Å². The molecule has 0 saturated carbocycles. The predicted octanol–water partition coefficient (Wildman–Crippen LogP) is 21.7. The number of carboxylic acids is 2. The fraction of sp³-hybridized carbons (Fsp3) is 0.0732. The van der Waals surface area contributed by atoms with E-state index in [1.165, 1.54) is 12.1 Å². The van der Waals surface area contributed by atoms with E-state index in [9.17, 15) is 120 Å². The van der Waals surface area contributed by atoms with Crippen LogP contribution in [-0.2, 0) is 18.5 Å². The Balaban J connectivity index is 0.000000542. The number of carboxylic acid groups (broad SMARTS) is 2. The molecule has 90 heavy (non-hydrogen) atoms. The summed E-state index contributed by atoms with van der Waals surface area (Å²) in [6, 6.07) is 6.66. The SMILES string of the molecule is O=C(O)c1cc([N+](=O)[O-])c(Cl)c(Cl)c1Cl.O=C(O)c1cc([N+](=O)[O-])c(Cl)cc1Cl.O=[N+]([O-])c1c(Cl)c(Cl)cc(C(F)(F)F)c1Cl.O=[N+]([O-])c1cc(C(F)(F)F)c(Cl)c([N+](=O)[O-])c1Cl.O=[N+]([O-])c1cc(C(F)(F)F)c(Cl)cc1Cl.O=[N+]([O-])c1ccc(Cl)c(Cl)c1Cl. The minimum Gasteiger partial charge on any atom is -0.478 e. The first-order chi connectivity index (χ1) is 40.8. The van der Waals surface area contributed by atoms with Crippen LogP contribution in [0, 0.1) is 70.8 Å². The van der Waals surface area contributed by atoms with E-state index in [-0.39, 0.29) is 57.5 Å². The molecule has 2 N–H and O–H groups in total. The lowest BCUT2D eigenvalue weighted by molar-refractivity contribution is -0.394. The highest BCUT2D eigenvalue weighted by molar-refractivity contribution is 6.51. The molecule has 0 aliphatic rings. The lowest BCUT2D eigenvalue weighted by Gasteiger charge is -2.10. The summed E-state index contributed by atoms with van der Waals surface area (Å²) in [5.41, 5.74) is -10.9. The molecule has 0 bridgehead atoms. The number of nitro benzene ring substituents is 7. The van der Waals surface area contributed by atoms with Crippen LogP contribution in [0.1, 0.15) is 37.4 Å². The zero-order valence-electron chi connectivity index (χ0n) is 40.8. The number of nitro groups is 7. The molecule has 0 aromatic heterocycles. The second kappa shape index (κ2) is 33.4. The Morgan fingerprint density at radius 3 is 1.01 bits per heavy atom. The Morgan fingerprint density at radius 1 is 0.300 bits per heavy atom. The Labute approximate surface area is 562 Å². The lowest BCUT2D eigenvalue weighted by Crippen LogP contribution is -2.09. The van der Waals surface area contributed by atoms with Gasteiger partial charge in [0.25, 0.3) is 28.4 Å². The summed E-state index contributed by atoms with van der Waals surface area (Å²) < 4.78 is 111. The molecule has 0 aliphatic carbocycles. The number of carbonyl (C=O) groups is 2. The van der Waals surface area contributed by atoms with Gasteiger partial charge >= 0.3 is 41.8 Å². The number of hydrogen-bond donors (Lipinski definition) is 2. The average molecular weight is 1590 g/mol. The summed E-state index contributed by atoms with van der Waals surface area (Å²) in [5, 5.41) is 83.3. The van der Waals surface area contributed by atoms with E-state index >= 15 is 0 Å². The van der Waals surface area contributed by atoms with Gasteiger partial charge in [0.05, 0.1) is 97.4 Å². The standard InChI is InChI=1S/C7HCl3F3NO2.C7H2Cl3NO4.C7HCl2F3N2O4.C7H2Cl2F3NO2.C7H3Cl2NO4.C6H2Cl3NO2/c8-3-1-2(7(11,12)13)4(9)6(5(3)10)14(15)16;8-4-2(7(12)13)1-3(11(14)15)5(9)6(4)10;8-4-2(7(10,11)12)1-3(13(15)16)5(9)6(4)14(17)18;8-4-2-5(9)6(13(14)15)1-3(4)7(10,11)12;8-4-2-5(9)6(10(13)14)1-3(4)7(11)12;7-3-1-2-4(10(11)12)6(9)5(3)8/h1H;1H,(H,12,13);1H;1-2H;1-2H,(H,11,12);1-2H. The molecule has 0 heterocycles. The van der Waals surface area contributed by atoms with E-state index in [2.05, 4.69) is 0 Å². The number of nitrogens with zero attached hydrogens (tertiary/aromatic N) is 7. The van der Waals surface area contributed by atoms with Crippen molar-refractivity contribution in [1.29, 1.82) is 0 Å². The van der Waals surface area contributed by atoms with E-state index < -0.39 is 156 Å². The fourth-order valence-electron chi connectivity index (χ4n) is 5.34. The summed E-state index contributed by atoms with van der Waals surface area (Å²) in [5.74, 6) is -2.75. The quantitative estimate of drug-likeness (QED) is 0.0446. The molecule has 6 rings (SSSR count). The largest absolute Gasteiger partial charge is 0.478 e.